The van der Waals surface area contributed by atoms with Crippen LogP contribution >= 0.6 is 11.6 Å². The van der Waals surface area contributed by atoms with Crippen LogP contribution in [-0.2, 0) is 9.53 Å². The molecule has 0 aromatic heterocycles. The Bertz CT molecular complexity index is 471. The van der Waals surface area contributed by atoms with Gasteiger partial charge in [-0.05, 0) is 0 Å². The summed E-state index contributed by atoms with van der Waals surface area (Å²) < 4.78 is 18.3. The van der Waals surface area contributed by atoms with Crippen LogP contribution in [0.25, 0.3) is 0 Å². The number of carbonyl (C=O) groups excluding carboxylic acids is 1. The second-order valence-corrected chi connectivity index (χ2v) is 5.01. The first-order valence-corrected chi connectivity index (χ1v) is 6.15. The van der Waals surface area contributed by atoms with Gasteiger partial charge in [0.1, 0.15) is 18.2 Å². The average Bonchev–Trinajstić information content (AvgIpc) is 2.36. The van der Waals surface area contributed by atoms with Crippen molar-refractivity contribution in [2.24, 2.45) is 5.41 Å². The summed E-state index contributed by atoms with van der Waals surface area (Å²) in [4.78, 5) is 11.7. The molecule has 0 radical (unpaired) electrons. The van der Waals surface area contributed by atoms with Gasteiger partial charge in [-0.3, -0.25) is 15.6 Å². The summed E-state index contributed by atoms with van der Waals surface area (Å²) >= 11 is 5.52. The summed E-state index contributed by atoms with van der Waals surface area (Å²) in [5.74, 6) is 1.28. The molecule has 0 atom stereocenters. The topological polar surface area (TPSA) is 50.4 Å². The Morgan fingerprint density at radius 1 is 1.50 bits per heavy atom. The van der Waals surface area contributed by atoms with E-state index in [0.29, 0.717) is 0 Å². The molecule has 0 heterocycles. The van der Waals surface area contributed by atoms with Crippen molar-refractivity contribution in [3.8, 4) is 12.3 Å². The van der Waals surface area contributed by atoms with E-state index in [9.17, 15) is 9.18 Å². The van der Waals surface area contributed by atoms with Crippen molar-refractivity contribution in [3.63, 3.8) is 0 Å². The minimum absolute atomic E-state index is 0.0184. The Hall–Kier alpha value is -1.93. The predicted octanol–water partition coefficient (Wildman–Crippen LogP) is 2.75. The summed E-state index contributed by atoms with van der Waals surface area (Å²) in [6.45, 7) is 8.29. The molecule has 0 saturated carbocycles. The van der Waals surface area contributed by atoms with Gasteiger partial charge in [-0.1, -0.05) is 44.9 Å². The number of amides is 1. The molecule has 4 nitrogen and oxygen atoms in total. The van der Waals surface area contributed by atoms with E-state index in [-0.39, 0.29) is 24.0 Å². The number of terminal acetylenes is 1. The zero-order chi connectivity index (χ0) is 15.8. The summed E-state index contributed by atoms with van der Waals surface area (Å²) in [6.07, 6.45) is 6.27. The molecule has 6 heteroatoms. The SMILES string of the molecule is C#CCOC(=C\Cl)/C=C(/NNC(=O)C(C)(C)C)C(=C)F. The second kappa shape index (κ2) is 8.28. The van der Waals surface area contributed by atoms with Crippen molar-refractivity contribution < 1.29 is 13.9 Å². The largest absolute Gasteiger partial charge is 0.480 e. The molecule has 1 amide bonds. The highest BCUT2D eigenvalue weighted by atomic mass is 35.5. The zero-order valence-corrected chi connectivity index (χ0v) is 12.5. The van der Waals surface area contributed by atoms with Gasteiger partial charge in [0.05, 0.1) is 5.70 Å². The Balaban J connectivity index is 4.86. The van der Waals surface area contributed by atoms with E-state index >= 15 is 0 Å². The summed E-state index contributed by atoms with van der Waals surface area (Å²) in [5.41, 5.74) is 5.16. The van der Waals surface area contributed by atoms with Crippen LogP contribution in [0.5, 0.6) is 0 Å². The number of nitrogens with one attached hydrogen (secondary N) is 2. The minimum Gasteiger partial charge on any atom is -0.480 e. The third-order valence-electron chi connectivity index (χ3n) is 2.00. The van der Waals surface area contributed by atoms with Crippen LogP contribution in [-0.4, -0.2) is 12.5 Å². The number of hydrogen-bond acceptors (Lipinski definition) is 3. The van der Waals surface area contributed by atoms with E-state index in [2.05, 4.69) is 23.4 Å². The second-order valence-electron chi connectivity index (χ2n) is 4.80. The summed E-state index contributed by atoms with van der Waals surface area (Å²) in [7, 11) is 0. The lowest BCUT2D eigenvalue weighted by atomic mass is 9.96. The smallest absolute Gasteiger partial charge is 0.243 e. The minimum atomic E-state index is -0.792. The van der Waals surface area contributed by atoms with Crippen molar-refractivity contribution in [1.29, 1.82) is 0 Å². The lowest BCUT2D eigenvalue weighted by Crippen LogP contribution is -2.43. The van der Waals surface area contributed by atoms with E-state index in [1.807, 2.05) is 0 Å². The van der Waals surface area contributed by atoms with E-state index in [1.165, 1.54) is 6.08 Å². The number of carbonyl (C=O) groups is 1. The van der Waals surface area contributed by atoms with Gasteiger partial charge in [0.25, 0.3) is 0 Å². The molecule has 110 valence electrons. The van der Waals surface area contributed by atoms with E-state index in [0.717, 1.165) is 5.54 Å². The van der Waals surface area contributed by atoms with Gasteiger partial charge in [0.2, 0.25) is 5.91 Å². The van der Waals surface area contributed by atoms with Crippen molar-refractivity contribution in [2.45, 2.75) is 20.8 Å². The number of ether oxygens (including phenoxy) is 1. The van der Waals surface area contributed by atoms with Crippen LogP contribution in [0.4, 0.5) is 4.39 Å². The molecule has 0 fully saturated rings. The molecular weight excluding hydrogens is 283 g/mol. The molecular formula is C14H18ClFN2O2. The number of allylic oxidation sites excluding steroid dienone is 2. The molecule has 0 aliphatic heterocycles. The summed E-state index contributed by atoms with van der Waals surface area (Å²) in [5, 5.41) is 0. The highest BCUT2D eigenvalue weighted by Gasteiger charge is 2.21. The van der Waals surface area contributed by atoms with Gasteiger partial charge >= 0.3 is 0 Å². The first-order valence-electron chi connectivity index (χ1n) is 5.72. The zero-order valence-electron chi connectivity index (χ0n) is 11.7. The highest BCUT2D eigenvalue weighted by Crippen LogP contribution is 2.14. The highest BCUT2D eigenvalue weighted by molar-refractivity contribution is 6.25. The first kappa shape index (κ1) is 18.1. The Labute approximate surface area is 123 Å². The molecule has 0 bridgehead atoms. The lowest BCUT2D eigenvalue weighted by Gasteiger charge is -2.19. The van der Waals surface area contributed by atoms with Crippen molar-refractivity contribution >= 4 is 17.5 Å². The third-order valence-corrected chi connectivity index (χ3v) is 2.22. The van der Waals surface area contributed by atoms with Crippen LogP contribution in [0, 0.1) is 17.8 Å². The van der Waals surface area contributed by atoms with Gasteiger partial charge in [0.15, 0.2) is 0 Å². The maximum absolute atomic E-state index is 13.3. The molecule has 20 heavy (non-hydrogen) atoms. The molecule has 0 aromatic carbocycles. The van der Waals surface area contributed by atoms with Crippen LogP contribution in [0.1, 0.15) is 20.8 Å². The fourth-order valence-electron chi connectivity index (χ4n) is 0.866. The molecule has 0 aliphatic rings. The molecule has 0 rings (SSSR count). The number of hydrogen-bond donors (Lipinski definition) is 2. The normalized spacial score (nSPS) is 12.4. The van der Waals surface area contributed by atoms with E-state index in [4.69, 9.17) is 22.8 Å². The monoisotopic (exact) mass is 300 g/mol. The fourth-order valence-corrected chi connectivity index (χ4v) is 0.992. The van der Waals surface area contributed by atoms with E-state index in [1.54, 1.807) is 20.8 Å². The van der Waals surface area contributed by atoms with Crippen LogP contribution < -0.4 is 10.9 Å². The number of hydrazine groups is 1. The number of halogens is 2. The quantitative estimate of drug-likeness (QED) is 0.343. The van der Waals surface area contributed by atoms with Crippen LogP contribution in [0.15, 0.2) is 35.5 Å². The molecule has 0 unspecified atom stereocenters. The number of rotatable bonds is 6. The Morgan fingerprint density at radius 3 is 2.50 bits per heavy atom. The van der Waals surface area contributed by atoms with Gasteiger partial charge in [0, 0.05) is 17.0 Å². The third kappa shape index (κ3) is 6.86. The van der Waals surface area contributed by atoms with Crippen LogP contribution in [0.3, 0.4) is 0 Å². The standard InChI is InChI=1S/C14H18ClFN2O2/c1-6-7-20-11(9-15)8-12(10(2)16)17-18-13(19)14(3,4)5/h1,8-9,17H,2,7H2,3-5H3,(H,18,19)/b11-9-,12-8+. The summed E-state index contributed by atoms with van der Waals surface area (Å²) in [6, 6.07) is 0. The van der Waals surface area contributed by atoms with Crippen molar-refractivity contribution in [2.75, 3.05) is 6.61 Å². The van der Waals surface area contributed by atoms with Gasteiger partial charge in [-0.25, -0.2) is 4.39 Å². The molecule has 0 aliphatic carbocycles. The van der Waals surface area contributed by atoms with Crippen LogP contribution in [0.2, 0.25) is 0 Å². The Kier molecular flexibility index (Phi) is 7.48. The molecule has 2 N–H and O–H groups in total. The molecule has 0 spiro atoms. The van der Waals surface area contributed by atoms with Gasteiger partial charge < -0.3 is 4.74 Å². The van der Waals surface area contributed by atoms with Gasteiger partial charge in [-0.2, -0.15) is 0 Å². The van der Waals surface area contributed by atoms with Gasteiger partial charge in [-0.15, -0.1) is 6.42 Å². The van der Waals surface area contributed by atoms with Crippen molar-refractivity contribution in [3.05, 3.63) is 35.5 Å². The first-order chi connectivity index (χ1) is 9.22. The maximum Gasteiger partial charge on any atom is 0.243 e. The van der Waals surface area contributed by atoms with E-state index < -0.39 is 11.2 Å². The molecule has 0 aromatic rings. The Morgan fingerprint density at radius 2 is 2.10 bits per heavy atom. The maximum atomic E-state index is 13.3. The fraction of sp³-hybridized carbons (Fsp3) is 0.357. The average molecular weight is 301 g/mol. The predicted molar refractivity (Wildman–Crippen MR) is 77.8 cm³/mol. The lowest BCUT2D eigenvalue weighted by molar-refractivity contribution is -0.129. The molecule has 0 saturated heterocycles. The van der Waals surface area contributed by atoms with Crippen molar-refractivity contribution in [1.82, 2.24) is 10.9 Å².